The Hall–Kier alpha value is -1.84. The van der Waals surface area contributed by atoms with Crippen molar-refractivity contribution in [3.8, 4) is 0 Å². The molecule has 0 saturated carbocycles. The second-order valence-electron chi connectivity index (χ2n) is 3.51. The molecule has 1 rings (SSSR count). The lowest BCUT2D eigenvalue weighted by molar-refractivity contribution is 0.381. The SMILES string of the molecule is CN(CCN=C(N)N)c1ccccc1.O=S(=O)(O)O. The summed E-state index contributed by atoms with van der Waals surface area (Å²) >= 11 is 0. The fourth-order valence-corrected chi connectivity index (χ4v) is 1.14. The van der Waals surface area contributed by atoms with Gasteiger partial charge in [-0.2, -0.15) is 8.42 Å². The Labute approximate surface area is 112 Å². The zero-order valence-electron chi connectivity index (χ0n) is 10.5. The normalized spacial score (nSPS) is 10.1. The average Bonchev–Trinajstić information content (AvgIpc) is 2.27. The van der Waals surface area contributed by atoms with Gasteiger partial charge in [-0.3, -0.25) is 14.1 Å². The van der Waals surface area contributed by atoms with E-state index in [0.717, 1.165) is 6.54 Å². The minimum absolute atomic E-state index is 0.145. The lowest BCUT2D eigenvalue weighted by atomic mass is 10.3. The standard InChI is InChI=1S/C10H16N4.H2O4S/c1-14(8-7-13-10(11)12)9-5-3-2-4-6-9;1-5(2,3)4/h2-6H,7-8H2,1H3,(H4,11,12,13);(H2,1,2,3,4). The average molecular weight is 290 g/mol. The molecule has 0 aliphatic heterocycles. The number of anilines is 1. The molecule has 0 heterocycles. The minimum Gasteiger partial charge on any atom is -0.373 e. The molecule has 6 N–H and O–H groups in total. The number of nitrogens with two attached hydrogens (primary N) is 2. The molecule has 0 bridgehead atoms. The number of benzene rings is 1. The van der Waals surface area contributed by atoms with E-state index in [1.54, 1.807) is 0 Å². The highest BCUT2D eigenvalue weighted by Gasteiger charge is 1.97. The van der Waals surface area contributed by atoms with Gasteiger partial charge in [0.15, 0.2) is 5.96 Å². The van der Waals surface area contributed by atoms with Crippen LogP contribution in [-0.4, -0.2) is 43.6 Å². The summed E-state index contributed by atoms with van der Waals surface area (Å²) in [4.78, 5) is 6.02. The molecule has 0 aromatic heterocycles. The van der Waals surface area contributed by atoms with Gasteiger partial charge in [-0.05, 0) is 12.1 Å². The Kier molecular flexibility index (Phi) is 7.49. The number of nitrogens with zero attached hydrogens (tertiary/aromatic N) is 2. The van der Waals surface area contributed by atoms with E-state index in [9.17, 15) is 0 Å². The van der Waals surface area contributed by atoms with E-state index in [-0.39, 0.29) is 5.96 Å². The molecule has 19 heavy (non-hydrogen) atoms. The highest BCUT2D eigenvalue weighted by Crippen LogP contribution is 2.09. The zero-order chi connectivity index (χ0) is 14.9. The van der Waals surface area contributed by atoms with Crippen molar-refractivity contribution in [2.24, 2.45) is 16.5 Å². The Balaban J connectivity index is 0.000000555. The first-order valence-corrected chi connectivity index (χ1v) is 6.61. The van der Waals surface area contributed by atoms with Gasteiger partial charge in [-0.1, -0.05) is 18.2 Å². The lowest BCUT2D eigenvalue weighted by Gasteiger charge is -2.17. The fourth-order valence-electron chi connectivity index (χ4n) is 1.14. The molecular formula is C10H18N4O4S. The molecule has 8 nitrogen and oxygen atoms in total. The number of para-hydroxylation sites is 1. The summed E-state index contributed by atoms with van der Waals surface area (Å²) in [6, 6.07) is 10.1. The van der Waals surface area contributed by atoms with Crippen LogP contribution in [0.5, 0.6) is 0 Å². The van der Waals surface area contributed by atoms with Crippen LogP contribution in [0.15, 0.2) is 35.3 Å². The summed E-state index contributed by atoms with van der Waals surface area (Å²) in [5, 5.41) is 0. The van der Waals surface area contributed by atoms with Gasteiger partial charge in [0.25, 0.3) is 0 Å². The number of aliphatic imine (C=N–C) groups is 1. The van der Waals surface area contributed by atoms with Crippen molar-refractivity contribution in [3.63, 3.8) is 0 Å². The second-order valence-corrected chi connectivity index (χ2v) is 4.41. The van der Waals surface area contributed by atoms with Gasteiger partial charge in [0.2, 0.25) is 0 Å². The van der Waals surface area contributed by atoms with E-state index in [2.05, 4.69) is 22.0 Å². The Bertz CT molecular complexity index is 478. The highest BCUT2D eigenvalue weighted by molar-refractivity contribution is 7.79. The third-order valence-corrected chi connectivity index (χ3v) is 1.93. The van der Waals surface area contributed by atoms with Crippen molar-refractivity contribution in [1.29, 1.82) is 0 Å². The maximum atomic E-state index is 8.74. The molecule has 108 valence electrons. The molecule has 0 amide bonds. The molecule has 0 radical (unpaired) electrons. The molecule has 0 aliphatic rings. The quantitative estimate of drug-likeness (QED) is 0.340. The summed E-state index contributed by atoms with van der Waals surface area (Å²) in [5.74, 6) is 0.145. The van der Waals surface area contributed by atoms with Crippen LogP contribution in [0, 0.1) is 0 Å². The Morgan fingerprint density at radius 2 is 1.74 bits per heavy atom. The highest BCUT2D eigenvalue weighted by atomic mass is 32.3. The molecule has 9 heteroatoms. The van der Waals surface area contributed by atoms with Crippen LogP contribution in [0.3, 0.4) is 0 Å². The summed E-state index contributed by atoms with van der Waals surface area (Å²) in [6.45, 7) is 1.43. The van der Waals surface area contributed by atoms with Gasteiger partial charge >= 0.3 is 10.4 Å². The number of hydrogen-bond donors (Lipinski definition) is 4. The lowest BCUT2D eigenvalue weighted by Crippen LogP contribution is -2.26. The van der Waals surface area contributed by atoms with Gasteiger partial charge in [0.05, 0.1) is 6.54 Å². The van der Waals surface area contributed by atoms with Crippen LogP contribution in [0.2, 0.25) is 0 Å². The van der Waals surface area contributed by atoms with Crippen molar-refractivity contribution in [2.75, 3.05) is 25.0 Å². The molecule has 0 spiro atoms. The van der Waals surface area contributed by atoms with Crippen LogP contribution < -0.4 is 16.4 Å². The Morgan fingerprint density at radius 3 is 2.16 bits per heavy atom. The molecule has 0 fully saturated rings. The third kappa shape index (κ3) is 12.4. The van der Waals surface area contributed by atoms with Crippen molar-refractivity contribution in [2.45, 2.75) is 0 Å². The molecule has 0 atom stereocenters. The number of hydrogen-bond acceptors (Lipinski definition) is 4. The topological polar surface area (TPSA) is 142 Å². The van der Waals surface area contributed by atoms with Gasteiger partial charge in [-0.15, -0.1) is 0 Å². The molecule has 1 aromatic rings. The maximum absolute atomic E-state index is 8.74. The summed E-state index contributed by atoms with van der Waals surface area (Å²) in [5.41, 5.74) is 11.6. The van der Waals surface area contributed by atoms with Crippen LogP contribution in [0.1, 0.15) is 0 Å². The smallest absolute Gasteiger partial charge is 0.373 e. The number of guanidine groups is 1. The largest absolute Gasteiger partial charge is 0.394 e. The van der Waals surface area contributed by atoms with Gasteiger partial charge < -0.3 is 16.4 Å². The molecule has 0 unspecified atom stereocenters. The van der Waals surface area contributed by atoms with Crippen molar-refractivity contribution in [1.82, 2.24) is 0 Å². The monoisotopic (exact) mass is 290 g/mol. The van der Waals surface area contributed by atoms with E-state index in [0.29, 0.717) is 6.54 Å². The zero-order valence-corrected chi connectivity index (χ0v) is 11.3. The molecular weight excluding hydrogens is 272 g/mol. The second kappa shape index (κ2) is 8.29. The van der Waals surface area contributed by atoms with Crippen LogP contribution in [0.25, 0.3) is 0 Å². The maximum Gasteiger partial charge on any atom is 0.394 e. The fraction of sp³-hybridized carbons (Fsp3) is 0.300. The van der Waals surface area contributed by atoms with Crippen LogP contribution in [0.4, 0.5) is 5.69 Å². The molecule has 0 saturated heterocycles. The van der Waals surface area contributed by atoms with E-state index < -0.39 is 10.4 Å². The summed E-state index contributed by atoms with van der Waals surface area (Å²) < 4.78 is 31.6. The van der Waals surface area contributed by atoms with Crippen molar-refractivity contribution < 1.29 is 17.5 Å². The van der Waals surface area contributed by atoms with Gasteiger partial charge in [-0.25, -0.2) is 0 Å². The predicted molar refractivity (Wildman–Crippen MR) is 74.6 cm³/mol. The first-order chi connectivity index (χ1) is 8.70. The van der Waals surface area contributed by atoms with Gasteiger partial charge in [0.1, 0.15) is 0 Å². The van der Waals surface area contributed by atoms with E-state index in [4.69, 9.17) is 29.0 Å². The summed E-state index contributed by atoms with van der Waals surface area (Å²) in [7, 11) is -2.66. The first-order valence-electron chi connectivity index (χ1n) is 5.21. The Morgan fingerprint density at radius 1 is 1.26 bits per heavy atom. The van der Waals surface area contributed by atoms with Crippen molar-refractivity contribution in [3.05, 3.63) is 30.3 Å². The predicted octanol–water partition coefficient (Wildman–Crippen LogP) is -0.257. The molecule has 0 aliphatic carbocycles. The number of likely N-dealkylation sites (N-methyl/N-ethyl adjacent to an activating group) is 1. The van der Waals surface area contributed by atoms with E-state index in [1.165, 1.54) is 5.69 Å². The minimum atomic E-state index is -4.67. The van der Waals surface area contributed by atoms with Crippen LogP contribution in [-0.2, 0) is 10.4 Å². The van der Waals surface area contributed by atoms with E-state index in [1.807, 2.05) is 25.2 Å². The molecule has 1 aromatic carbocycles. The van der Waals surface area contributed by atoms with Crippen LogP contribution >= 0.6 is 0 Å². The number of rotatable bonds is 4. The van der Waals surface area contributed by atoms with E-state index >= 15 is 0 Å². The summed E-state index contributed by atoms with van der Waals surface area (Å²) in [6.07, 6.45) is 0. The first kappa shape index (κ1) is 17.2. The van der Waals surface area contributed by atoms with Crippen molar-refractivity contribution >= 4 is 22.0 Å². The third-order valence-electron chi connectivity index (χ3n) is 1.93. The van der Waals surface area contributed by atoms with Gasteiger partial charge in [0, 0.05) is 19.3 Å².